The van der Waals surface area contributed by atoms with Gasteiger partial charge in [-0.15, -0.1) is 0 Å². The van der Waals surface area contributed by atoms with Crippen molar-refractivity contribution in [3.63, 3.8) is 0 Å². The van der Waals surface area contributed by atoms with Crippen LogP contribution in [0.2, 0.25) is 0 Å². The summed E-state index contributed by atoms with van der Waals surface area (Å²) in [5.41, 5.74) is 0.656. The minimum atomic E-state index is -1.02. The van der Waals surface area contributed by atoms with Crippen molar-refractivity contribution in [1.82, 2.24) is 4.57 Å². The van der Waals surface area contributed by atoms with Crippen LogP contribution >= 0.6 is 0 Å². The predicted octanol–water partition coefficient (Wildman–Crippen LogP) is 2.18. The van der Waals surface area contributed by atoms with Crippen molar-refractivity contribution in [2.24, 2.45) is 5.92 Å². The molecule has 0 aliphatic carbocycles. The van der Waals surface area contributed by atoms with Gasteiger partial charge < -0.3 is 14.4 Å². The van der Waals surface area contributed by atoms with Crippen molar-refractivity contribution in [3.8, 4) is 0 Å². The minimum Gasteiger partial charge on any atom is -0.478 e. The van der Waals surface area contributed by atoms with Crippen LogP contribution in [0.1, 0.15) is 26.0 Å². The molecule has 0 saturated heterocycles. The molecule has 0 aliphatic heterocycles. The van der Waals surface area contributed by atoms with E-state index in [0.717, 1.165) is 12.5 Å². The van der Waals surface area contributed by atoms with Gasteiger partial charge in [0.15, 0.2) is 0 Å². The summed E-state index contributed by atoms with van der Waals surface area (Å²) in [5, 5.41) is 8.57. The molecular weight excluding hydrogens is 246 g/mol. The third-order valence-electron chi connectivity index (χ3n) is 2.52. The van der Waals surface area contributed by atoms with Crippen molar-refractivity contribution in [1.29, 1.82) is 0 Å². The Morgan fingerprint density at radius 3 is 2.84 bits per heavy atom. The van der Waals surface area contributed by atoms with Crippen LogP contribution in [0.3, 0.4) is 0 Å². The predicted molar refractivity (Wildman–Crippen MR) is 71.5 cm³/mol. The first-order chi connectivity index (χ1) is 8.99. The van der Waals surface area contributed by atoms with E-state index in [1.807, 2.05) is 0 Å². The smallest absolute Gasteiger partial charge is 0.328 e. The van der Waals surface area contributed by atoms with Gasteiger partial charge in [0.2, 0.25) is 0 Å². The molecule has 1 aromatic heterocycles. The highest BCUT2D eigenvalue weighted by atomic mass is 16.5. The van der Waals surface area contributed by atoms with E-state index in [1.54, 1.807) is 22.9 Å². The molecule has 0 atom stereocenters. The van der Waals surface area contributed by atoms with Crippen molar-refractivity contribution < 1.29 is 19.4 Å². The lowest BCUT2D eigenvalue weighted by Crippen LogP contribution is -2.15. The van der Waals surface area contributed by atoms with Crippen LogP contribution < -0.4 is 0 Å². The molecule has 0 unspecified atom stereocenters. The van der Waals surface area contributed by atoms with Crippen LogP contribution in [0.15, 0.2) is 24.4 Å². The number of nitrogens with zero attached hydrogens (tertiary/aromatic N) is 1. The molecule has 0 fully saturated rings. The Morgan fingerprint density at radius 1 is 1.47 bits per heavy atom. The van der Waals surface area contributed by atoms with Crippen LogP contribution in [0.25, 0.3) is 6.08 Å². The van der Waals surface area contributed by atoms with Gasteiger partial charge in [0.25, 0.3) is 0 Å². The highest BCUT2D eigenvalue weighted by Crippen LogP contribution is 2.06. The number of aliphatic carboxylic acids is 1. The summed E-state index contributed by atoms with van der Waals surface area (Å²) in [6.45, 7) is 4.63. The maximum Gasteiger partial charge on any atom is 0.328 e. The maximum atomic E-state index is 11.6. The van der Waals surface area contributed by atoms with Crippen LogP contribution in [-0.2, 0) is 20.9 Å². The molecule has 1 aromatic rings. The van der Waals surface area contributed by atoms with Gasteiger partial charge in [-0.25, -0.2) is 4.79 Å². The lowest BCUT2D eigenvalue weighted by molar-refractivity contribution is -0.144. The summed E-state index contributed by atoms with van der Waals surface area (Å²) in [5.74, 6) is -0.845. The Morgan fingerprint density at radius 2 is 2.21 bits per heavy atom. The molecule has 5 nitrogen and oxygen atoms in total. The van der Waals surface area contributed by atoms with Gasteiger partial charge in [0, 0.05) is 18.0 Å². The normalized spacial score (nSPS) is 11.1. The van der Waals surface area contributed by atoms with Gasteiger partial charge in [0.1, 0.15) is 6.54 Å². The molecule has 0 spiro atoms. The van der Waals surface area contributed by atoms with E-state index in [1.165, 1.54) is 6.08 Å². The highest BCUT2D eigenvalue weighted by Gasteiger charge is 2.06. The van der Waals surface area contributed by atoms with Crippen molar-refractivity contribution in [2.45, 2.75) is 26.8 Å². The molecule has 0 aromatic carbocycles. The number of carbonyl (C=O) groups excluding carboxylic acids is 1. The number of carboxylic acid groups (broad SMARTS) is 1. The van der Waals surface area contributed by atoms with E-state index < -0.39 is 5.97 Å². The van der Waals surface area contributed by atoms with E-state index in [-0.39, 0.29) is 12.5 Å². The van der Waals surface area contributed by atoms with Gasteiger partial charge >= 0.3 is 11.9 Å². The van der Waals surface area contributed by atoms with Gasteiger partial charge in [-0.3, -0.25) is 4.79 Å². The fourth-order valence-electron chi connectivity index (χ4n) is 1.47. The molecule has 1 heterocycles. The molecule has 1 N–H and O–H groups in total. The lowest BCUT2D eigenvalue weighted by atomic mass is 10.1. The molecule has 0 amide bonds. The van der Waals surface area contributed by atoms with E-state index >= 15 is 0 Å². The Hall–Kier alpha value is -2.04. The second-order valence-electron chi connectivity index (χ2n) is 4.64. The van der Waals surface area contributed by atoms with Crippen molar-refractivity contribution >= 4 is 18.0 Å². The number of aromatic nitrogens is 1. The fraction of sp³-hybridized carbons (Fsp3) is 0.429. The number of esters is 1. The van der Waals surface area contributed by atoms with E-state index in [0.29, 0.717) is 18.2 Å². The van der Waals surface area contributed by atoms with Crippen LogP contribution in [0.5, 0.6) is 0 Å². The number of ether oxygens (including phenoxy) is 1. The average molecular weight is 265 g/mol. The second kappa shape index (κ2) is 7.41. The summed E-state index contributed by atoms with van der Waals surface area (Å²) < 4.78 is 6.76. The number of hydrogen-bond acceptors (Lipinski definition) is 3. The number of hydrogen-bond donors (Lipinski definition) is 1. The molecule has 0 aliphatic rings. The zero-order valence-electron chi connectivity index (χ0n) is 11.2. The molecule has 0 radical (unpaired) electrons. The molecule has 0 bridgehead atoms. The first-order valence-corrected chi connectivity index (χ1v) is 6.21. The Labute approximate surface area is 112 Å². The average Bonchev–Trinajstić information content (AvgIpc) is 2.73. The summed E-state index contributed by atoms with van der Waals surface area (Å²) in [6.07, 6.45) is 5.04. The van der Waals surface area contributed by atoms with Gasteiger partial charge in [0.05, 0.1) is 6.61 Å². The first kappa shape index (κ1) is 15.0. The Kier molecular flexibility index (Phi) is 5.85. The van der Waals surface area contributed by atoms with Crippen LogP contribution in [0.4, 0.5) is 0 Å². The zero-order chi connectivity index (χ0) is 14.3. The SMILES string of the molecule is CC(C)CCOC(=O)Cn1cccc1/C=C/C(=O)O. The number of carbonyl (C=O) groups is 2. The summed E-state index contributed by atoms with van der Waals surface area (Å²) >= 11 is 0. The summed E-state index contributed by atoms with van der Waals surface area (Å²) in [7, 11) is 0. The molecule has 0 saturated carbocycles. The Bertz CT molecular complexity index is 460. The van der Waals surface area contributed by atoms with E-state index in [2.05, 4.69) is 13.8 Å². The van der Waals surface area contributed by atoms with E-state index in [4.69, 9.17) is 9.84 Å². The van der Waals surface area contributed by atoms with Crippen molar-refractivity contribution in [3.05, 3.63) is 30.1 Å². The highest BCUT2D eigenvalue weighted by molar-refractivity contribution is 5.85. The number of rotatable bonds is 7. The molecule has 5 heteroatoms. The summed E-state index contributed by atoms with van der Waals surface area (Å²) in [4.78, 5) is 22.0. The standard InChI is InChI=1S/C14H19NO4/c1-11(2)7-9-19-14(18)10-15-8-3-4-12(15)5-6-13(16)17/h3-6,8,11H,7,9-10H2,1-2H3,(H,16,17)/b6-5+. The maximum absolute atomic E-state index is 11.6. The lowest BCUT2D eigenvalue weighted by Gasteiger charge is -2.08. The van der Waals surface area contributed by atoms with Gasteiger partial charge in [-0.2, -0.15) is 0 Å². The zero-order valence-corrected chi connectivity index (χ0v) is 11.2. The summed E-state index contributed by atoms with van der Waals surface area (Å²) in [6, 6.07) is 3.49. The fourth-order valence-corrected chi connectivity index (χ4v) is 1.47. The topological polar surface area (TPSA) is 68.5 Å². The van der Waals surface area contributed by atoms with Gasteiger partial charge in [-0.05, 0) is 30.5 Å². The third-order valence-corrected chi connectivity index (χ3v) is 2.52. The van der Waals surface area contributed by atoms with Crippen LogP contribution in [0, 0.1) is 5.92 Å². The second-order valence-corrected chi connectivity index (χ2v) is 4.64. The van der Waals surface area contributed by atoms with Crippen LogP contribution in [-0.4, -0.2) is 28.2 Å². The molecule has 19 heavy (non-hydrogen) atoms. The van der Waals surface area contributed by atoms with Crippen molar-refractivity contribution in [2.75, 3.05) is 6.61 Å². The third kappa shape index (κ3) is 5.90. The Balaban J connectivity index is 2.50. The van der Waals surface area contributed by atoms with Gasteiger partial charge in [-0.1, -0.05) is 13.8 Å². The quantitative estimate of drug-likeness (QED) is 0.606. The molecule has 104 valence electrons. The monoisotopic (exact) mass is 265 g/mol. The molecule has 1 rings (SSSR count). The number of carboxylic acids is 1. The minimum absolute atomic E-state index is 0.0877. The first-order valence-electron chi connectivity index (χ1n) is 6.21. The largest absolute Gasteiger partial charge is 0.478 e. The van der Waals surface area contributed by atoms with E-state index in [9.17, 15) is 9.59 Å². The molecular formula is C14H19NO4.